The fourth-order valence-corrected chi connectivity index (χ4v) is 5.91. The Labute approximate surface area is 100 Å². The molecule has 0 aromatic heterocycles. The molecule has 1 heterocycles. The molecule has 0 aliphatic carbocycles. The summed E-state index contributed by atoms with van der Waals surface area (Å²) in [5.74, 6) is -1.94. The van der Waals surface area contributed by atoms with Gasteiger partial charge in [0, 0.05) is 0 Å². The van der Waals surface area contributed by atoms with Gasteiger partial charge in [0.2, 0.25) is 10.0 Å². The normalized spacial score (nSPS) is 24.7. The lowest BCUT2D eigenvalue weighted by molar-refractivity contribution is -0.142. The van der Waals surface area contributed by atoms with E-state index >= 15 is 0 Å². The van der Waals surface area contributed by atoms with E-state index in [1.807, 2.05) is 4.72 Å². The molecule has 0 radical (unpaired) electrons. The zero-order valence-electron chi connectivity index (χ0n) is 9.50. The molecule has 1 aliphatic heterocycles. The Morgan fingerprint density at radius 3 is 2.29 bits per heavy atom. The van der Waals surface area contributed by atoms with Gasteiger partial charge >= 0.3 is 5.97 Å². The summed E-state index contributed by atoms with van der Waals surface area (Å²) in [6.45, 7) is 2.41. The molecule has 100 valence electrons. The fraction of sp³-hybridized carbons (Fsp3) is 0.875. The van der Waals surface area contributed by atoms with Crippen LogP contribution in [0.3, 0.4) is 0 Å². The lowest BCUT2D eigenvalue weighted by Gasteiger charge is -2.22. The Hall–Kier alpha value is -0.670. The first-order valence-electron chi connectivity index (χ1n) is 4.93. The van der Waals surface area contributed by atoms with Crippen LogP contribution in [-0.4, -0.2) is 50.2 Å². The molecule has 0 spiro atoms. The van der Waals surface area contributed by atoms with Crippen molar-refractivity contribution in [3.8, 4) is 0 Å². The van der Waals surface area contributed by atoms with Crippen molar-refractivity contribution in [3.63, 3.8) is 0 Å². The largest absolute Gasteiger partial charge is 0.480 e. The van der Waals surface area contributed by atoms with Gasteiger partial charge in [0.1, 0.15) is 5.54 Å². The lowest BCUT2D eigenvalue weighted by atomic mass is 10.1. The Morgan fingerprint density at radius 2 is 1.94 bits per heavy atom. The highest BCUT2D eigenvalue weighted by molar-refractivity contribution is 7.95. The smallest absolute Gasteiger partial charge is 0.324 e. The highest BCUT2D eigenvalue weighted by Crippen LogP contribution is 2.20. The number of hydrogen-bond acceptors (Lipinski definition) is 5. The second-order valence-electron chi connectivity index (χ2n) is 4.60. The third-order valence-electron chi connectivity index (χ3n) is 2.56. The van der Waals surface area contributed by atoms with E-state index in [4.69, 9.17) is 5.11 Å². The van der Waals surface area contributed by atoms with Gasteiger partial charge in [-0.2, -0.15) is 4.72 Å². The summed E-state index contributed by atoms with van der Waals surface area (Å²) in [5.41, 5.74) is -1.65. The lowest BCUT2D eigenvalue weighted by Crippen LogP contribution is -2.52. The van der Waals surface area contributed by atoms with Gasteiger partial charge in [0.15, 0.2) is 9.84 Å². The average molecular weight is 285 g/mol. The number of carboxylic acids is 1. The Balaban J connectivity index is 2.88. The highest BCUT2D eigenvalue weighted by Gasteiger charge is 2.41. The summed E-state index contributed by atoms with van der Waals surface area (Å²) in [5, 5.41) is 7.74. The van der Waals surface area contributed by atoms with E-state index in [1.54, 1.807) is 0 Å². The van der Waals surface area contributed by atoms with Crippen LogP contribution in [-0.2, 0) is 24.7 Å². The van der Waals surface area contributed by atoms with Crippen molar-refractivity contribution in [2.75, 3.05) is 11.5 Å². The van der Waals surface area contributed by atoms with Crippen LogP contribution in [0.4, 0.5) is 0 Å². The molecule has 1 fully saturated rings. The number of rotatable bonds is 4. The van der Waals surface area contributed by atoms with Crippen molar-refractivity contribution in [2.24, 2.45) is 0 Å². The van der Waals surface area contributed by atoms with E-state index < -0.39 is 42.4 Å². The van der Waals surface area contributed by atoms with Crippen LogP contribution < -0.4 is 4.72 Å². The minimum Gasteiger partial charge on any atom is -0.480 e. The molecular weight excluding hydrogens is 270 g/mol. The van der Waals surface area contributed by atoms with Crippen LogP contribution >= 0.6 is 0 Å². The van der Waals surface area contributed by atoms with Crippen LogP contribution in [0.25, 0.3) is 0 Å². The van der Waals surface area contributed by atoms with E-state index in [0.29, 0.717) is 0 Å². The first kappa shape index (κ1) is 14.4. The summed E-state index contributed by atoms with van der Waals surface area (Å²) in [6, 6.07) is 0. The van der Waals surface area contributed by atoms with Crippen molar-refractivity contribution in [1.82, 2.24) is 4.72 Å². The molecular formula is C8H15NO6S2. The standard InChI is InChI=1S/C8H15NO6S2/c1-8(2,7(10)11)9-17(14,15)6-3-4-16(12,13)5-6/h6,9H,3-5H2,1-2H3,(H,10,11). The maximum Gasteiger partial charge on any atom is 0.324 e. The number of hydrogen-bond donors (Lipinski definition) is 2. The fourth-order valence-electron chi connectivity index (χ4n) is 1.49. The molecule has 17 heavy (non-hydrogen) atoms. The number of nitrogens with one attached hydrogen (secondary N) is 1. The van der Waals surface area contributed by atoms with Crippen molar-refractivity contribution in [2.45, 2.75) is 31.1 Å². The van der Waals surface area contributed by atoms with Crippen LogP contribution in [0.15, 0.2) is 0 Å². The molecule has 1 saturated heterocycles. The zero-order valence-corrected chi connectivity index (χ0v) is 11.1. The molecule has 0 saturated carbocycles. The maximum absolute atomic E-state index is 11.8. The molecule has 1 aliphatic rings. The van der Waals surface area contributed by atoms with E-state index in [9.17, 15) is 21.6 Å². The minimum atomic E-state index is -3.94. The molecule has 2 N–H and O–H groups in total. The number of carbonyl (C=O) groups is 1. The van der Waals surface area contributed by atoms with Crippen LogP contribution in [0.1, 0.15) is 20.3 Å². The summed E-state index contributed by atoms with van der Waals surface area (Å²) in [7, 11) is -7.26. The van der Waals surface area contributed by atoms with Gasteiger partial charge in [-0.15, -0.1) is 0 Å². The molecule has 1 unspecified atom stereocenters. The summed E-state index contributed by atoms with van der Waals surface area (Å²) >= 11 is 0. The molecule has 9 heteroatoms. The predicted molar refractivity (Wildman–Crippen MR) is 60.8 cm³/mol. The molecule has 0 bridgehead atoms. The van der Waals surface area contributed by atoms with Gasteiger partial charge in [-0.3, -0.25) is 4.79 Å². The Morgan fingerprint density at radius 1 is 1.41 bits per heavy atom. The average Bonchev–Trinajstić information content (AvgIpc) is 2.44. The molecule has 7 nitrogen and oxygen atoms in total. The quantitative estimate of drug-likeness (QED) is 0.681. The van der Waals surface area contributed by atoms with Gasteiger partial charge in [0.25, 0.3) is 0 Å². The van der Waals surface area contributed by atoms with Gasteiger partial charge in [-0.1, -0.05) is 0 Å². The summed E-state index contributed by atoms with van der Waals surface area (Å²) in [4.78, 5) is 10.8. The first-order chi connectivity index (χ1) is 7.46. The van der Waals surface area contributed by atoms with Gasteiger partial charge in [-0.05, 0) is 20.3 Å². The van der Waals surface area contributed by atoms with E-state index in [-0.39, 0.29) is 12.2 Å². The van der Waals surface area contributed by atoms with Crippen LogP contribution in [0.2, 0.25) is 0 Å². The Bertz CT molecular complexity index is 518. The van der Waals surface area contributed by atoms with E-state index in [2.05, 4.69) is 0 Å². The van der Waals surface area contributed by atoms with Crippen LogP contribution in [0.5, 0.6) is 0 Å². The van der Waals surface area contributed by atoms with Crippen molar-refractivity contribution < 1.29 is 26.7 Å². The van der Waals surface area contributed by atoms with Crippen molar-refractivity contribution >= 4 is 25.8 Å². The molecule has 0 aromatic rings. The topological polar surface area (TPSA) is 118 Å². The molecule has 0 aromatic carbocycles. The van der Waals surface area contributed by atoms with E-state index in [0.717, 1.165) is 0 Å². The minimum absolute atomic E-state index is 0.00731. The molecule has 1 rings (SSSR count). The number of sulfonamides is 1. The monoisotopic (exact) mass is 285 g/mol. The third-order valence-corrected chi connectivity index (χ3v) is 6.62. The van der Waals surface area contributed by atoms with Gasteiger partial charge < -0.3 is 5.11 Å². The van der Waals surface area contributed by atoms with Gasteiger partial charge in [-0.25, -0.2) is 16.8 Å². The zero-order chi connectivity index (χ0) is 13.5. The van der Waals surface area contributed by atoms with Crippen molar-refractivity contribution in [1.29, 1.82) is 0 Å². The predicted octanol–water partition coefficient (Wildman–Crippen LogP) is -1.04. The molecule has 1 atom stereocenters. The second kappa shape index (κ2) is 4.21. The third kappa shape index (κ3) is 3.39. The maximum atomic E-state index is 11.8. The molecule has 0 amide bonds. The second-order valence-corrected chi connectivity index (χ2v) is 8.79. The van der Waals surface area contributed by atoms with Gasteiger partial charge in [0.05, 0.1) is 16.8 Å². The van der Waals surface area contributed by atoms with E-state index in [1.165, 1.54) is 13.8 Å². The number of sulfone groups is 1. The summed E-state index contributed by atoms with van der Waals surface area (Å²) < 4.78 is 48.0. The van der Waals surface area contributed by atoms with Crippen molar-refractivity contribution in [3.05, 3.63) is 0 Å². The summed E-state index contributed by atoms with van der Waals surface area (Å²) in [6.07, 6.45) is 0.00731. The SMILES string of the molecule is CC(C)(NS(=O)(=O)C1CCS(=O)(=O)C1)C(=O)O. The van der Waals surface area contributed by atoms with Crippen LogP contribution in [0, 0.1) is 0 Å². The Kier molecular flexibility index (Phi) is 3.57. The highest BCUT2D eigenvalue weighted by atomic mass is 32.2. The number of aliphatic carboxylic acids is 1. The number of carboxylic acid groups (broad SMARTS) is 1. The first-order valence-corrected chi connectivity index (χ1v) is 8.30.